The van der Waals surface area contributed by atoms with E-state index in [9.17, 15) is 4.79 Å². The first-order valence-electron chi connectivity index (χ1n) is 8.04. The summed E-state index contributed by atoms with van der Waals surface area (Å²) in [6, 6.07) is 5.36. The van der Waals surface area contributed by atoms with Crippen molar-refractivity contribution >= 4 is 11.7 Å². The number of anilines is 1. The molecule has 1 amide bonds. The van der Waals surface area contributed by atoms with Gasteiger partial charge in [0.1, 0.15) is 17.2 Å². The Balaban J connectivity index is 1.71. The third-order valence-electron chi connectivity index (χ3n) is 3.93. The van der Waals surface area contributed by atoms with Crippen LogP contribution in [0.1, 0.15) is 34.7 Å². The second-order valence-corrected chi connectivity index (χ2v) is 5.72. The Morgan fingerprint density at radius 1 is 1.33 bits per heavy atom. The molecule has 0 aromatic carbocycles. The van der Waals surface area contributed by atoms with E-state index < -0.39 is 0 Å². The average Bonchev–Trinajstić information content (AvgIpc) is 3.14. The molecular formula is C17H21N5O2. The van der Waals surface area contributed by atoms with E-state index in [1.165, 1.54) is 20.0 Å². The second kappa shape index (κ2) is 7.25. The molecular weight excluding hydrogens is 306 g/mol. The van der Waals surface area contributed by atoms with E-state index in [1.54, 1.807) is 18.3 Å². The van der Waals surface area contributed by atoms with Crippen LogP contribution in [0.2, 0.25) is 0 Å². The molecule has 0 atom stereocenters. The van der Waals surface area contributed by atoms with Gasteiger partial charge in [0.05, 0.1) is 13.7 Å². The van der Waals surface area contributed by atoms with Gasteiger partial charge in [0, 0.05) is 31.0 Å². The molecule has 7 nitrogen and oxygen atoms in total. The van der Waals surface area contributed by atoms with E-state index >= 15 is 0 Å². The molecule has 2 aromatic rings. The van der Waals surface area contributed by atoms with Gasteiger partial charge in [-0.25, -0.2) is 15.0 Å². The van der Waals surface area contributed by atoms with Crippen LogP contribution < -0.4 is 15.0 Å². The Morgan fingerprint density at radius 3 is 2.88 bits per heavy atom. The molecule has 0 spiro atoms. The smallest absolute Gasteiger partial charge is 0.257 e. The summed E-state index contributed by atoms with van der Waals surface area (Å²) < 4.78 is 5.11. The Morgan fingerprint density at radius 2 is 2.12 bits per heavy atom. The monoisotopic (exact) mass is 327 g/mol. The molecule has 0 saturated carbocycles. The van der Waals surface area contributed by atoms with Crippen LogP contribution in [0.5, 0.6) is 5.88 Å². The van der Waals surface area contributed by atoms with Crippen molar-refractivity contribution < 1.29 is 9.53 Å². The van der Waals surface area contributed by atoms with Gasteiger partial charge in [0.2, 0.25) is 5.88 Å². The molecule has 3 rings (SSSR count). The third-order valence-corrected chi connectivity index (χ3v) is 3.93. The Bertz CT molecular complexity index is 729. The fourth-order valence-corrected chi connectivity index (χ4v) is 2.78. The first kappa shape index (κ1) is 16.2. The van der Waals surface area contributed by atoms with Gasteiger partial charge in [-0.05, 0) is 31.9 Å². The molecule has 1 fully saturated rings. The van der Waals surface area contributed by atoms with Gasteiger partial charge in [-0.1, -0.05) is 0 Å². The Hall–Kier alpha value is -2.70. The Kier molecular flexibility index (Phi) is 4.88. The van der Waals surface area contributed by atoms with Crippen molar-refractivity contribution in [2.24, 2.45) is 0 Å². The summed E-state index contributed by atoms with van der Waals surface area (Å²) in [5.74, 6) is 1.59. The zero-order valence-electron chi connectivity index (χ0n) is 14.0. The zero-order chi connectivity index (χ0) is 16.9. The molecule has 2 aromatic heterocycles. The van der Waals surface area contributed by atoms with Crippen LogP contribution in [-0.4, -0.2) is 41.1 Å². The highest BCUT2D eigenvalue weighted by atomic mass is 16.5. The second-order valence-electron chi connectivity index (χ2n) is 5.72. The molecule has 0 bridgehead atoms. The van der Waals surface area contributed by atoms with Crippen molar-refractivity contribution in [3.05, 3.63) is 41.5 Å². The molecule has 126 valence electrons. The van der Waals surface area contributed by atoms with E-state index in [1.807, 2.05) is 13.0 Å². The molecule has 1 aliphatic rings. The largest absolute Gasteiger partial charge is 0.480 e. The maximum absolute atomic E-state index is 12.3. The molecule has 1 saturated heterocycles. The summed E-state index contributed by atoms with van der Waals surface area (Å²) in [7, 11) is 1.49. The Labute approximate surface area is 141 Å². The number of carbonyl (C=O) groups excluding carboxylic acids is 1. The quantitative estimate of drug-likeness (QED) is 0.901. The van der Waals surface area contributed by atoms with Crippen LogP contribution in [-0.2, 0) is 6.54 Å². The van der Waals surface area contributed by atoms with Crippen molar-refractivity contribution in [1.82, 2.24) is 20.3 Å². The van der Waals surface area contributed by atoms with Crippen LogP contribution in [0.3, 0.4) is 0 Å². The fourth-order valence-electron chi connectivity index (χ4n) is 2.78. The van der Waals surface area contributed by atoms with Gasteiger partial charge < -0.3 is 15.0 Å². The molecule has 0 aliphatic carbocycles. The standard InChI is InChI=1S/C17H21N5O2/c1-12-10-15(22-8-3-4-9-22)21-14(20-12)11-19-16(23)13-6-5-7-18-17(13)24-2/h5-7,10H,3-4,8-9,11H2,1-2H3,(H,19,23). The summed E-state index contributed by atoms with van der Waals surface area (Å²) in [6.07, 6.45) is 3.97. The number of ether oxygens (including phenoxy) is 1. The minimum absolute atomic E-state index is 0.257. The molecule has 1 aliphatic heterocycles. The van der Waals surface area contributed by atoms with Crippen LogP contribution >= 0.6 is 0 Å². The van der Waals surface area contributed by atoms with E-state index in [4.69, 9.17) is 4.74 Å². The lowest BCUT2D eigenvalue weighted by molar-refractivity contribution is 0.0946. The van der Waals surface area contributed by atoms with Crippen molar-refractivity contribution in [2.75, 3.05) is 25.1 Å². The first-order valence-corrected chi connectivity index (χ1v) is 8.04. The predicted octanol–water partition coefficient (Wildman–Crippen LogP) is 1.72. The van der Waals surface area contributed by atoms with Crippen molar-refractivity contribution in [3.8, 4) is 5.88 Å². The number of hydrogen-bond donors (Lipinski definition) is 1. The number of carbonyl (C=O) groups is 1. The highest BCUT2D eigenvalue weighted by Crippen LogP contribution is 2.18. The van der Waals surface area contributed by atoms with Crippen LogP contribution in [0.25, 0.3) is 0 Å². The van der Waals surface area contributed by atoms with E-state index in [2.05, 4.69) is 25.2 Å². The fraction of sp³-hybridized carbons (Fsp3) is 0.412. The van der Waals surface area contributed by atoms with Crippen molar-refractivity contribution in [3.63, 3.8) is 0 Å². The molecule has 0 radical (unpaired) electrons. The van der Waals surface area contributed by atoms with E-state index in [0.717, 1.165) is 24.6 Å². The summed E-state index contributed by atoms with van der Waals surface area (Å²) in [4.78, 5) is 27.6. The maximum Gasteiger partial charge on any atom is 0.257 e. The number of nitrogens with one attached hydrogen (secondary N) is 1. The third kappa shape index (κ3) is 3.61. The number of hydrogen-bond acceptors (Lipinski definition) is 6. The number of nitrogens with zero attached hydrogens (tertiary/aromatic N) is 4. The lowest BCUT2D eigenvalue weighted by Crippen LogP contribution is -2.26. The minimum Gasteiger partial charge on any atom is -0.480 e. The van der Waals surface area contributed by atoms with Crippen LogP contribution in [0, 0.1) is 6.92 Å². The number of pyridine rings is 1. The van der Waals surface area contributed by atoms with Gasteiger partial charge >= 0.3 is 0 Å². The average molecular weight is 327 g/mol. The van der Waals surface area contributed by atoms with Gasteiger partial charge in [0.15, 0.2) is 0 Å². The minimum atomic E-state index is -0.257. The highest BCUT2D eigenvalue weighted by Gasteiger charge is 2.16. The van der Waals surface area contributed by atoms with Crippen molar-refractivity contribution in [1.29, 1.82) is 0 Å². The lowest BCUT2D eigenvalue weighted by Gasteiger charge is -2.17. The summed E-state index contributed by atoms with van der Waals surface area (Å²) in [5.41, 5.74) is 1.29. The van der Waals surface area contributed by atoms with Gasteiger partial charge in [-0.15, -0.1) is 0 Å². The number of methoxy groups -OCH3 is 1. The summed E-state index contributed by atoms with van der Waals surface area (Å²) in [6.45, 7) is 4.25. The van der Waals surface area contributed by atoms with E-state index in [0.29, 0.717) is 17.3 Å². The van der Waals surface area contributed by atoms with Gasteiger partial charge in [0.25, 0.3) is 5.91 Å². The number of rotatable bonds is 5. The maximum atomic E-state index is 12.3. The summed E-state index contributed by atoms with van der Waals surface area (Å²) >= 11 is 0. The first-order chi connectivity index (χ1) is 11.7. The van der Waals surface area contributed by atoms with Crippen LogP contribution in [0.15, 0.2) is 24.4 Å². The number of amides is 1. The zero-order valence-corrected chi connectivity index (χ0v) is 14.0. The normalized spacial score (nSPS) is 13.8. The molecule has 3 heterocycles. The summed E-state index contributed by atoms with van der Waals surface area (Å²) in [5, 5.41) is 2.83. The van der Waals surface area contributed by atoms with E-state index in [-0.39, 0.29) is 12.5 Å². The molecule has 7 heteroatoms. The van der Waals surface area contributed by atoms with Gasteiger partial charge in [-0.3, -0.25) is 4.79 Å². The topological polar surface area (TPSA) is 80.2 Å². The van der Waals surface area contributed by atoms with Crippen molar-refractivity contribution in [2.45, 2.75) is 26.3 Å². The SMILES string of the molecule is COc1ncccc1C(=O)NCc1nc(C)cc(N2CCCC2)n1. The number of aromatic nitrogens is 3. The predicted molar refractivity (Wildman–Crippen MR) is 90.2 cm³/mol. The highest BCUT2D eigenvalue weighted by molar-refractivity contribution is 5.96. The lowest BCUT2D eigenvalue weighted by atomic mass is 10.2. The number of aryl methyl sites for hydroxylation is 1. The van der Waals surface area contributed by atoms with Crippen LogP contribution in [0.4, 0.5) is 5.82 Å². The molecule has 1 N–H and O–H groups in total. The molecule has 0 unspecified atom stereocenters. The van der Waals surface area contributed by atoms with Gasteiger partial charge in [-0.2, -0.15) is 0 Å². The molecule has 24 heavy (non-hydrogen) atoms.